The van der Waals surface area contributed by atoms with Crippen LogP contribution in [0.5, 0.6) is 11.5 Å². The number of hydrazine groups is 1. The van der Waals surface area contributed by atoms with Crippen molar-refractivity contribution in [1.29, 1.82) is 0 Å². The van der Waals surface area contributed by atoms with E-state index >= 15 is 0 Å². The van der Waals surface area contributed by atoms with Crippen LogP contribution in [0.2, 0.25) is 0 Å². The quantitative estimate of drug-likeness (QED) is 0.447. The molecule has 0 fully saturated rings. The van der Waals surface area contributed by atoms with E-state index in [4.69, 9.17) is 9.47 Å². The van der Waals surface area contributed by atoms with Gasteiger partial charge in [-0.2, -0.15) is 0 Å². The fourth-order valence-corrected chi connectivity index (χ4v) is 3.09. The van der Waals surface area contributed by atoms with Gasteiger partial charge in [0, 0.05) is 16.8 Å². The number of benzene rings is 3. The van der Waals surface area contributed by atoms with Crippen LogP contribution in [0, 0.1) is 0 Å². The highest BCUT2D eigenvalue weighted by Crippen LogP contribution is 2.22. The number of carbonyl (C=O) groups excluding carboxylic acids is 3. The number of carbonyl (C=O) groups is 3. The van der Waals surface area contributed by atoms with Crippen molar-refractivity contribution in [2.75, 3.05) is 19.0 Å². The molecule has 3 N–H and O–H groups in total. The first kappa shape index (κ1) is 25.3. The largest absolute Gasteiger partial charge is 0.497 e. The van der Waals surface area contributed by atoms with E-state index < -0.39 is 11.8 Å². The van der Waals surface area contributed by atoms with Crippen molar-refractivity contribution in [1.82, 2.24) is 10.9 Å². The van der Waals surface area contributed by atoms with E-state index in [9.17, 15) is 14.4 Å². The third kappa shape index (κ3) is 7.33. The van der Waals surface area contributed by atoms with Crippen molar-refractivity contribution in [3.8, 4) is 11.5 Å². The molecule has 35 heavy (non-hydrogen) atoms. The molecule has 0 bridgehead atoms. The first-order chi connectivity index (χ1) is 16.7. The van der Waals surface area contributed by atoms with Crippen molar-refractivity contribution >= 4 is 23.4 Å². The van der Waals surface area contributed by atoms with Crippen molar-refractivity contribution in [3.05, 3.63) is 89.5 Å². The molecule has 3 rings (SSSR count). The van der Waals surface area contributed by atoms with E-state index in [1.54, 1.807) is 67.8 Å². The van der Waals surface area contributed by atoms with Crippen LogP contribution >= 0.6 is 0 Å². The number of anilines is 1. The van der Waals surface area contributed by atoms with E-state index in [2.05, 4.69) is 36.9 Å². The SMILES string of the molecule is COc1ccc(OCC(=O)NNC(=O)c2ccc(NC(=O)c3ccc(C(C)(C)C)cc3)cc2)cc1. The highest BCUT2D eigenvalue weighted by Gasteiger charge is 2.15. The molecule has 0 saturated heterocycles. The lowest BCUT2D eigenvalue weighted by Gasteiger charge is -2.19. The molecule has 0 saturated carbocycles. The molecular formula is C27H29N3O5. The Morgan fingerprint density at radius 3 is 1.83 bits per heavy atom. The number of nitrogens with one attached hydrogen (secondary N) is 3. The molecule has 0 aliphatic rings. The summed E-state index contributed by atoms with van der Waals surface area (Å²) in [5.74, 6) is -0.0924. The number of methoxy groups -OCH3 is 1. The van der Waals surface area contributed by atoms with E-state index in [-0.39, 0.29) is 17.9 Å². The van der Waals surface area contributed by atoms with Gasteiger partial charge in [0.05, 0.1) is 7.11 Å². The Labute approximate surface area is 204 Å². The fraction of sp³-hybridized carbons (Fsp3) is 0.222. The summed E-state index contributed by atoms with van der Waals surface area (Å²) in [6.07, 6.45) is 0. The Hall–Kier alpha value is -4.33. The second-order valence-electron chi connectivity index (χ2n) is 8.83. The van der Waals surface area contributed by atoms with E-state index in [0.717, 1.165) is 5.56 Å². The normalized spacial score (nSPS) is 10.7. The van der Waals surface area contributed by atoms with Crippen LogP contribution in [0.4, 0.5) is 5.69 Å². The highest BCUT2D eigenvalue weighted by atomic mass is 16.5. The van der Waals surface area contributed by atoms with Crippen molar-refractivity contribution in [2.24, 2.45) is 0 Å². The zero-order valence-corrected chi connectivity index (χ0v) is 20.2. The highest BCUT2D eigenvalue weighted by molar-refractivity contribution is 6.04. The molecule has 8 nitrogen and oxygen atoms in total. The van der Waals surface area contributed by atoms with Crippen LogP contribution in [0.15, 0.2) is 72.8 Å². The minimum absolute atomic E-state index is 0.00838. The minimum Gasteiger partial charge on any atom is -0.497 e. The molecule has 0 aliphatic heterocycles. The smallest absolute Gasteiger partial charge is 0.276 e. The van der Waals surface area contributed by atoms with Gasteiger partial charge in [0.25, 0.3) is 17.7 Å². The predicted octanol–water partition coefficient (Wildman–Crippen LogP) is 4.09. The second-order valence-corrected chi connectivity index (χ2v) is 8.83. The molecular weight excluding hydrogens is 446 g/mol. The van der Waals surface area contributed by atoms with Gasteiger partial charge in [0.1, 0.15) is 11.5 Å². The van der Waals surface area contributed by atoms with Gasteiger partial charge in [-0.15, -0.1) is 0 Å². The van der Waals surface area contributed by atoms with Crippen LogP contribution in [-0.4, -0.2) is 31.4 Å². The predicted molar refractivity (Wildman–Crippen MR) is 134 cm³/mol. The standard InChI is InChI=1S/C27H29N3O5/c1-27(2,3)20-9-5-18(6-10-20)25(32)28-21-11-7-19(8-12-21)26(33)30-29-24(31)17-35-23-15-13-22(34-4)14-16-23/h5-16H,17H2,1-4H3,(H,28,32)(H,29,31)(H,30,33). The summed E-state index contributed by atoms with van der Waals surface area (Å²) in [7, 11) is 1.56. The average molecular weight is 476 g/mol. The maximum atomic E-state index is 12.5. The molecule has 3 aromatic rings. The average Bonchev–Trinajstić information content (AvgIpc) is 2.86. The van der Waals surface area contributed by atoms with Crippen LogP contribution < -0.4 is 25.6 Å². The lowest BCUT2D eigenvalue weighted by molar-refractivity contribution is -0.123. The van der Waals surface area contributed by atoms with Crippen LogP contribution in [0.3, 0.4) is 0 Å². The summed E-state index contributed by atoms with van der Waals surface area (Å²) >= 11 is 0. The molecule has 3 amide bonds. The van der Waals surface area contributed by atoms with Gasteiger partial charge in [-0.05, 0) is 71.6 Å². The van der Waals surface area contributed by atoms with Gasteiger partial charge in [-0.25, -0.2) is 0 Å². The van der Waals surface area contributed by atoms with E-state index in [0.29, 0.717) is 28.3 Å². The van der Waals surface area contributed by atoms with Crippen molar-refractivity contribution < 1.29 is 23.9 Å². The van der Waals surface area contributed by atoms with Crippen LogP contribution in [-0.2, 0) is 10.2 Å². The summed E-state index contributed by atoms with van der Waals surface area (Å²) < 4.78 is 10.4. The van der Waals surface area contributed by atoms with Gasteiger partial charge < -0.3 is 14.8 Å². The van der Waals surface area contributed by atoms with E-state index in [1.165, 1.54) is 0 Å². The topological polar surface area (TPSA) is 106 Å². The van der Waals surface area contributed by atoms with Gasteiger partial charge in [-0.3, -0.25) is 25.2 Å². The lowest BCUT2D eigenvalue weighted by Crippen LogP contribution is -2.43. The molecule has 182 valence electrons. The molecule has 0 spiro atoms. The fourth-order valence-electron chi connectivity index (χ4n) is 3.09. The second kappa shape index (κ2) is 11.2. The zero-order valence-electron chi connectivity index (χ0n) is 20.2. The molecule has 0 unspecified atom stereocenters. The zero-order chi connectivity index (χ0) is 25.4. The van der Waals surface area contributed by atoms with Gasteiger partial charge >= 0.3 is 0 Å². The molecule has 3 aromatic carbocycles. The maximum Gasteiger partial charge on any atom is 0.276 e. The maximum absolute atomic E-state index is 12.5. The molecule has 0 aliphatic carbocycles. The third-order valence-electron chi connectivity index (χ3n) is 5.16. The minimum atomic E-state index is -0.518. The Morgan fingerprint density at radius 2 is 1.26 bits per heavy atom. The first-order valence-electron chi connectivity index (χ1n) is 11.0. The van der Waals surface area contributed by atoms with Gasteiger partial charge in [0.2, 0.25) is 0 Å². The molecule has 0 atom stereocenters. The summed E-state index contributed by atoms with van der Waals surface area (Å²) in [6.45, 7) is 6.07. The molecule has 0 heterocycles. The van der Waals surface area contributed by atoms with Crippen molar-refractivity contribution in [3.63, 3.8) is 0 Å². The molecule has 0 radical (unpaired) electrons. The van der Waals surface area contributed by atoms with Crippen LogP contribution in [0.25, 0.3) is 0 Å². The van der Waals surface area contributed by atoms with Crippen LogP contribution in [0.1, 0.15) is 47.1 Å². The summed E-state index contributed by atoms with van der Waals surface area (Å²) in [6, 6.07) is 20.6. The molecule has 8 heteroatoms. The van der Waals surface area contributed by atoms with Gasteiger partial charge in [0.15, 0.2) is 6.61 Å². The Bertz CT molecular complexity index is 1170. The summed E-state index contributed by atoms with van der Waals surface area (Å²) in [5, 5.41) is 2.81. The summed E-state index contributed by atoms with van der Waals surface area (Å²) in [5.41, 5.74) is 7.18. The van der Waals surface area contributed by atoms with Crippen molar-refractivity contribution in [2.45, 2.75) is 26.2 Å². The number of hydrogen-bond acceptors (Lipinski definition) is 5. The number of hydrogen-bond donors (Lipinski definition) is 3. The number of ether oxygens (including phenoxy) is 2. The lowest BCUT2D eigenvalue weighted by atomic mass is 9.87. The third-order valence-corrected chi connectivity index (χ3v) is 5.16. The Balaban J connectivity index is 1.46. The number of rotatable bonds is 7. The van der Waals surface area contributed by atoms with Gasteiger partial charge in [-0.1, -0.05) is 32.9 Å². The number of amides is 3. The van der Waals surface area contributed by atoms with E-state index in [1.807, 2.05) is 12.1 Å². The first-order valence-corrected chi connectivity index (χ1v) is 11.0. The molecule has 0 aromatic heterocycles. The monoisotopic (exact) mass is 475 g/mol. The Kier molecular flexibility index (Phi) is 8.09. The Morgan fingerprint density at radius 1 is 0.714 bits per heavy atom. The summed E-state index contributed by atoms with van der Waals surface area (Å²) in [4.78, 5) is 36.7.